The topological polar surface area (TPSA) is 26.3 Å². The molecule has 2 heteroatoms. The van der Waals surface area contributed by atoms with Crippen molar-refractivity contribution in [2.45, 2.75) is 84.8 Å². The van der Waals surface area contributed by atoms with E-state index >= 15 is 0 Å². The minimum Gasteiger partial charge on any atom is -0.373 e. The highest BCUT2D eigenvalue weighted by molar-refractivity contribution is 5.79. The number of rotatable bonds is 4. The molecule has 5 unspecified atom stereocenters. The SMILES string of the molecule is CC(=O)[C@H]1CCC2C3CC=C4C[C@@H](OCc5ccccc5)CCC4(C)C3CCC21C. The van der Waals surface area contributed by atoms with Crippen LogP contribution in [0.3, 0.4) is 0 Å². The van der Waals surface area contributed by atoms with Gasteiger partial charge in [0.1, 0.15) is 5.78 Å². The Morgan fingerprint density at radius 1 is 1.03 bits per heavy atom. The molecule has 7 atom stereocenters. The zero-order valence-corrected chi connectivity index (χ0v) is 19.0. The molecule has 2 nitrogen and oxygen atoms in total. The Balaban J connectivity index is 1.30. The monoisotopic (exact) mass is 406 g/mol. The molecule has 4 aliphatic rings. The van der Waals surface area contributed by atoms with E-state index in [0.717, 1.165) is 37.2 Å². The van der Waals surface area contributed by atoms with Gasteiger partial charge in [0.05, 0.1) is 12.7 Å². The van der Waals surface area contributed by atoms with Crippen molar-refractivity contribution in [2.75, 3.05) is 0 Å². The zero-order chi connectivity index (χ0) is 20.9. The van der Waals surface area contributed by atoms with Crippen molar-refractivity contribution in [1.82, 2.24) is 0 Å². The third kappa shape index (κ3) is 3.22. The van der Waals surface area contributed by atoms with Crippen LogP contribution in [0.5, 0.6) is 0 Å². The van der Waals surface area contributed by atoms with Crippen molar-refractivity contribution >= 4 is 5.78 Å². The van der Waals surface area contributed by atoms with Crippen LogP contribution in [-0.4, -0.2) is 11.9 Å². The summed E-state index contributed by atoms with van der Waals surface area (Å²) in [5.74, 6) is 3.07. The molecule has 162 valence electrons. The first-order valence-corrected chi connectivity index (χ1v) is 12.3. The van der Waals surface area contributed by atoms with Crippen molar-refractivity contribution < 1.29 is 9.53 Å². The average Bonchev–Trinajstić information content (AvgIpc) is 3.10. The molecule has 0 N–H and O–H groups in total. The summed E-state index contributed by atoms with van der Waals surface area (Å²) < 4.78 is 6.35. The summed E-state index contributed by atoms with van der Waals surface area (Å²) in [5.41, 5.74) is 3.56. The molecule has 0 spiro atoms. The molecule has 0 amide bonds. The molecule has 0 heterocycles. The Hall–Kier alpha value is -1.41. The van der Waals surface area contributed by atoms with Gasteiger partial charge in [-0.1, -0.05) is 55.8 Å². The number of fused-ring (bicyclic) bond motifs is 5. The summed E-state index contributed by atoms with van der Waals surface area (Å²) in [5, 5.41) is 0. The first kappa shape index (κ1) is 20.5. The molecule has 4 aliphatic carbocycles. The normalized spacial score (nSPS) is 42.6. The van der Waals surface area contributed by atoms with E-state index in [1.54, 1.807) is 5.57 Å². The van der Waals surface area contributed by atoms with Crippen LogP contribution < -0.4 is 0 Å². The van der Waals surface area contributed by atoms with E-state index in [0.29, 0.717) is 23.2 Å². The highest BCUT2D eigenvalue weighted by Gasteiger charge is 2.59. The van der Waals surface area contributed by atoms with Gasteiger partial charge in [-0.3, -0.25) is 4.79 Å². The maximum Gasteiger partial charge on any atom is 0.133 e. The first-order valence-electron chi connectivity index (χ1n) is 12.3. The lowest BCUT2D eigenvalue weighted by Gasteiger charge is -2.58. The Kier molecular flexibility index (Phi) is 5.21. The van der Waals surface area contributed by atoms with E-state index in [4.69, 9.17) is 4.74 Å². The molecule has 1 aromatic rings. The third-order valence-electron chi connectivity index (χ3n) is 9.88. The number of ketones is 1. The molecular weight excluding hydrogens is 368 g/mol. The number of Topliss-reactive ketones (excluding diaryl/α,β-unsaturated/α-hetero) is 1. The minimum atomic E-state index is 0.255. The maximum atomic E-state index is 12.3. The van der Waals surface area contributed by atoms with Gasteiger partial charge in [0.25, 0.3) is 0 Å². The van der Waals surface area contributed by atoms with Crippen LogP contribution in [-0.2, 0) is 16.1 Å². The second-order valence-electron chi connectivity index (χ2n) is 11.2. The molecule has 0 aromatic heterocycles. The summed E-state index contributed by atoms with van der Waals surface area (Å²) >= 11 is 0. The fraction of sp³-hybridized carbons (Fsp3) is 0.679. The molecule has 1 aromatic carbocycles. The number of benzene rings is 1. The second-order valence-corrected chi connectivity index (χ2v) is 11.2. The molecule has 3 saturated carbocycles. The van der Waals surface area contributed by atoms with Crippen molar-refractivity contribution in [3.05, 3.63) is 47.5 Å². The third-order valence-corrected chi connectivity index (χ3v) is 9.88. The highest BCUT2D eigenvalue weighted by atomic mass is 16.5. The predicted octanol–water partition coefficient (Wildman–Crippen LogP) is 6.74. The predicted molar refractivity (Wildman–Crippen MR) is 121 cm³/mol. The molecule has 30 heavy (non-hydrogen) atoms. The number of carbonyl (C=O) groups excluding carboxylic acids is 1. The molecule has 0 saturated heterocycles. The standard InChI is InChI=1S/C28H38O2/c1-19(29)24-11-12-25-23-10-9-21-17-22(30-18-20-7-5-4-6-8-20)13-15-27(21,2)26(23)14-16-28(24,25)3/h4-9,22-26H,10-18H2,1-3H3/t22-,23?,24+,25?,26?,27?,28?/m0/s1. The molecule has 0 radical (unpaired) electrons. The number of hydrogen-bond acceptors (Lipinski definition) is 2. The number of carbonyl (C=O) groups is 1. The lowest BCUT2D eigenvalue weighted by molar-refractivity contribution is -0.127. The first-order chi connectivity index (χ1) is 14.4. The van der Waals surface area contributed by atoms with Gasteiger partial charge in [-0.15, -0.1) is 0 Å². The Labute approximate surface area is 182 Å². The van der Waals surface area contributed by atoms with Crippen molar-refractivity contribution in [3.63, 3.8) is 0 Å². The van der Waals surface area contributed by atoms with E-state index in [-0.39, 0.29) is 5.41 Å². The Bertz CT molecular complexity index is 826. The van der Waals surface area contributed by atoms with E-state index < -0.39 is 0 Å². The molecule has 5 rings (SSSR count). The number of ether oxygens (including phenoxy) is 1. The van der Waals surface area contributed by atoms with Gasteiger partial charge in [-0.25, -0.2) is 0 Å². The van der Waals surface area contributed by atoms with Gasteiger partial charge in [0, 0.05) is 5.92 Å². The van der Waals surface area contributed by atoms with Gasteiger partial charge >= 0.3 is 0 Å². The lowest BCUT2D eigenvalue weighted by Crippen LogP contribution is -2.51. The van der Waals surface area contributed by atoms with E-state index in [1.165, 1.54) is 44.1 Å². The van der Waals surface area contributed by atoms with Gasteiger partial charge in [-0.2, -0.15) is 0 Å². The van der Waals surface area contributed by atoms with E-state index in [1.807, 2.05) is 6.92 Å². The van der Waals surface area contributed by atoms with E-state index in [2.05, 4.69) is 50.3 Å². The van der Waals surface area contributed by atoms with Crippen LogP contribution in [0.1, 0.15) is 77.7 Å². The highest BCUT2D eigenvalue weighted by Crippen LogP contribution is 2.66. The molecule has 0 bridgehead atoms. The quantitative estimate of drug-likeness (QED) is 0.518. The molecule has 3 fully saturated rings. The Morgan fingerprint density at radius 2 is 1.83 bits per heavy atom. The summed E-state index contributed by atoms with van der Waals surface area (Å²) in [6.07, 6.45) is 12.7. The van der Waals surface area contributed by atoms with Gasteiger partial charge in [-0.05, 0) is 92.4 Å². The van der Waals surface area contributed by atoms with Crippen molar-refractivity contribution in [1.29, 1.82) is 0 Å². The summed E-state index contributed by atoms with van der Waals surface area (Å²) in [7, 11) is 0. The van der Waals surface area contributed by atoms with Crippen molar-refractivity contribution in [2.24, 2.45) is 34.5 Å². The largest absolute Gasteiger partial charge is 0.373 e. The van der Waals surface area contributed by atoms with Crippen LogP contribution in [0.15, 0.2) is 42.0 Å². The number of hydrogen-bond donors (Lipinski definition) is 0. The minimum absolute atomic E-state index is 0.255. The fourth-order valence-corrected chi connectivity index (χ4v) is 8.23. The molecule has 0 aliphatic heterocycles. The maximum absolute atomic E-state index is 12.3. The average molecular weight is 407 g/mol. The van der Waals surface area contributed by atoms with Crippen LogP contribution in [0.2, 0.25) is 0 Å². The van der Waals surface area contributed by atoms with Crippen LogP contribution in [0, 0.1) is 34.5 Å². The van der Waals surface area contributed by atoms with Crippen LogP contribution in [0.4, 0.5) is 0 Å². The zero-order valence-electron chi connectivity index (χ0n) is 19.0. The fourth-order valence-electron chi connectivity index (χ4n) is 8.23. The second kappa shape index (κ2) is 7.62. The lowest BCUT2D eigenvalue weighted by atomic mass is 9.47. The molecular formula is C28H38O2. The summed E-state index contributed by atoms with van der Waals surface area (Å²) in [4.78, 5) is 12.3. The number of allylic oxidation sites excluding steroid dienone is 1. The van der Waals surface area contributed by atoms with Crippen molar-refractivity contribution in [3.8, 4) is 0 Å². The summed E-state index contributed by atoms with van der Waals surface area (Å²) in [6.45, 7) is 7.57. The van der Waals surface area contributed by atoms with Crippen LogP contribution >= 0.6 is 0 Å². The Morgan fingerprint density at radius 3 is 2.60 bits per heavy atom. The van der Waals surface area contributed by atoms with Gasteiger partial charge < -0.3 is 4.74 Å². The summed E-state index contributed by atoms with van der Waals surface area (Å²) in [6, 6.07) is 10.6. The van der Waals surface area contributed by atoms with E-state index in [9.17, 15) is 4.79 Å². The van der Waals surface area contributed by atoms with Gasteiger partial charge in [0.15, 0.2) is 0 Å². The van der Waals surface area contributed by atoms with Gasteiger partial charge in [0.2, 0.25) is 0 Å². The van der Waals surface area contributed by atoms with Crippen LogP contribution in [0.25, 0.3) is 0 Å². The smallest absolute Gasteiger partial charge is 0.133 e.